The Balaban J connectivity index is 1.98. The molecule has 1 N–H and O–H groups in total. The molecular formula is C16H13N3S2. The zero-order valence-electron chi connectivity index (χ0n) is 11.3. The van der Waals surface area contributed by atoms with Crippen LogP contribution in [0.25, 0.3) is 11.0 Å². The third-order valence-electron chi connectivity index (χ3n) is 4.18. The monoisotopic (exact) mass is 311 g/mol. The summed E-state index contributed by atoms with van der Waals surface area (Å²) in [5, 5.41) is 11.3. The lowest BCUT2D eigenvalue weighted by molar-refractivity contribution is 0.500. The van der Waals surface area contributed by atoms with Crippen molar-refractivity contribution in [1.82, 2.24) is 9.55 Å². The molecule has 0 aliphatic heterocycles. The van der Waals surface area contributed by atoms with Gasteiger partial charge in [0.25, 0.3) is 0 Å². The maximum Gasteiger partial charge on any atom is 0.178 e. The van der Waals surface area contributed by atoms with Gasteiger partial charge in [0.15, 0.2) is 4.77 Å². The van der Waals surface area contributed by atoms with E-state index in [-0.39, 0.29) is 6.04 Å². The molecule has 1 atom stereocenters. The molecule has 4 rings (SSSR count). The Morgan fingerprint density at radius 3 is 3.14 bits per heavy atom. The first-order valence-corrected chi connectivity index (χ1v) is 8.27. The number of H-pyrrole nitrogens is 1. The van der Waals surface area contributed by atoms with Crippen LogP contribution >= 0.6 is 23.6 Å². The van der Waals surface area contributed by atoms with Crippen LogP contribution in [0.4, 0.5) is 0 Å². The number of hydrogen-bond donors (Lipinski definition) is 1. The van der Waals surface area contributed by atoms with Crippen LogP contribution < -0.4 is 0 Å². The second kappa shape index (κ2) is 4.83. The van der Waals surface area contributed by atoms with Gasteiger partial charge in [-0.2, -0.15) is 5.26 Å². The molecular weight excluding hydrogens is 298 g/mol. The van der Waals surface area contributed by atoms with Crippen molar-refractivity contribution in [3.05, 3.63) is 50.4 Å². The van der Waals surface area contributed by atoms with E-state index in [4.69, 9.17) is 17.5 Å². The highest BCUT2D eigenvalue weighted by atomic mass is 32.1. The Hall–Kier alpha value is -1.90. The lowest BCUT2D eigenvalue weighted by atomic mass is 9.93. The Morgan fingerprint density at radius 1 is 1.38 bits per heavy atom. The van der Waals surface area contributed by atoms with Gasteiger partial charge < -0.3 is 9.55 Å². The Bertz CT molecular complexity index is 923. The molecule has 0 spiro atoms. The fourth-order valence-electron chi connectivity index (χ4n) is 3.23. The second-order valence-electron chi connectivity index (χ2n) is 5.35. The molecule has 3 aromatic rings. The minimum Gasteiger partial charge on any atom is -0.331 e. The molecule has 0 amide bonds. The van der Waals surface area contributed by atoms with Crippen molar-refractivity contribution in [2.24, 2.45) is 0 Å². The van der Waals surface area contributed by atoms with Crippen molar-refractivity contribution in [3.8, 4) is 6.07 Å². The fraction of sp³-hybridized carbons (Fsp3) is 0.250. The number of thiophene rings is 1. The van der Waals surface area contributed by atoms with Crippen LogP contribution in [0.5, 0.6) is 0 Å². The molecule has 0 radical (unpaired) electrons. The van der Waals surface area contributed by atoms with Crippen LogP contribution in [0.2, 0.25) is 0 Å². The first-order valence-electron chi connectivity index (χ1n) is 6.98. The molecule has 104 valence electrons. The van der Waals surface area contributed by atoms with Crippen LogP contribution in [-0.2, 0) is 6.42 Å². The Morgan fingerprint density at radius 2 is 2.29 bits per heavy atom. The van der Waals surface area contributed by atoms with Gasteiger partial charge in [0.2, 0.25) is 0 Å². The summed E-state index contributed by atoms with van der Waals surface area (Å²) >= 11 is 7.38. The highest BCUT2D eigenvalue weighted by Gasteiger charge is 2.24. The third-order valence-corrected chi connectivity index (χ3v) is 5.47. The molecule has 21 heavy (non-hydrogen) atoms. The molecule has 1 aliphatic carbocycles. The summed E-state index contributed by atoms with van der Waals surface area (Å²) in [4.78, 5) is 4.74. The average molecular weight is 311 g/mol. The summed E-state index contributed by atoms with van der Waals surface area (Å²) in [7, 11) is 0. The van der Waals surface area contributed by atoms with E-state index < -0.39 is 0 Å². The number of imidazole rings is 1. The SMILES string of the molecule is N#Cc1ccc2[nH]c(=S)n(C3CCCc4sccc43)c2c1. The van der Waals surface area contributed by atoms with E-state index in [1.807, 2.05) is 29.5 Å². The summed E-state index contributed by atoms with van der Waals surface area (Å²) in [6.07, 6.45) is 3.45. The Kier molecular flexibility index (Phi) is 2.95. The minimum atomic E-state index is 0.287. The molecule has 0 saturated carbocycles. The maximum atomic E-state index is 9.14. The predicted octanol–water partition coefficient (Wildman–Crippen LogP) is 4.56. The van der Waals surface area contributed by atoms with Crippen molar-refractivity contribution >= 4 is 34.6 Å². The number of aromatic amines is 1. The molecule has 2 heterocycles. The topological polar surface area (TPSA) is 44.5 Å². The molecule has 2 aromatic heterocycles. The second-order valence-corrected chi connectivity index (χ2v) is 6.74. The van der Waals surface area contributed by atoms with E-state index in [0.717, 1.165) is 22.2 Å². The predicted molar refractivity (Wildman–Crippen MR) is 87.2 cm³/mol. The number of benzene rings is 1. The summed E-state index contributed by atoms with van der Waals surface area (Å²) in [5.74, 6) is 0. The first kappa shape index (κ1) is 12.8. The highest BCUT2D eigenvalue weighted by Crippen LogP contribution is 2.37. The van der Waals surface area contributed by atoms with Gasteiger partial charge in [-0.25, -0.2) is 0 Å². The van der Waals surface area contributed by atoms with Crippen LogP contribution in [0, 0.1) is 16.1 Å². The number of nitriles is 1. The lowest BCUT2D eigenvalue weighted by Crippen LogP contribution is -2.15. The molecule has 1 aliphatic rings. The van der Waals surface area contributed by atoms with E-state index >= 15 is 0 Å². The number of fused-ring (bicyclic) bond motifs is 2. The normalized spacial score (nSPS) is 17.6. The number of hydrogen-bond acceptors (Lipinski definition) is 3. The van der Waals surface area contributed by atoms with Crippen molar-refractivity contribution in [1.29, 1.82) is 5.26 Å². The average Bonchev–Trinajstić information content (AvgIpc) is 3.09. The van der Waals surface area contributed by atoms with Gasteiger partial charge in [-0.05, 0) is 66.7 Å². The van der Waals surface area contributed by atoms with E-state index in [1.54, 1.807) is 0 Å². The summed E-state index contributed by atoms with van der Waals surface area (Å²) in [6, 6.07) is 10.4. The van der Waals surface area contributed by atoms with Crippen molar-refractivity contribution in [2.45, 2.75) is 25.3 Å². The molecule has 1 unspecified atom stereocenters. The number of nitrogens with one attached hydrogen (secondary N) is 1. The summed E-state index contributed by atoms with van der Waals surface area (Å²) in [6.45, 7) is 0. The van der Waals surface area contributed by atoms with E-state index in [9.17, 15) is 0 Å². The number of nitrogens with zero attached hydrogens (tertiary/aromatic N) is 2. The van der Waals surface area contributed by atoms with Gasteiger partial charge in [0, 0.05) is 4.88 Å². The van der Waals surface area contributed by atoms with Gasteiger partial charge >= 0.3 is 0 Å². The standard InChI is InChI=1S/C16H13N3S2/c17-9-10-4-5-12-14(8-10)19(16(20)18-12)13-2-1-3-15-11(13)6-7-21-15/h4-8,13H,1-3H2,(H,18,20). The first-order chi connectivity index (χ1) is 10.3. The summed E-state index contributed by atoms with van der Waals surface area (Å²) in [5.41, 5.74) is 4.10. The van der Waals surface area contributed by atoms with Gasteiger partial charge in [-0.15, -0.1) is 11.3 Å². The van der Waals surface area contributed by atoms with Gasteiger partial charge in [-0.3, -0.25) is 0 Å². The zero-order valence-corrected chi connectivity index (χ0v) is 12.9. The molecule has 5 heteroatoms. The van der Waals surface area contributed by atoms with Crippen LogP contribution in [-0.4, -0.2) is 9.55 Å². The van der Waals surface area contributed by atoms with E-state index in [0.29, 0.717) is 5.56 Å². The van der Waals surface area contributed by atoms with E-state index in [1.165, 1.54) is 23.3 Å². The summed E-state index contributed by atoms with van der Waals surface area (Å²) < 4.78 is 2.93. The smallest absolute Gasteiger partial charge is 0.178 e. The van der Waals surface area contributed by atoms with Gasteiger partial charge in [0.1, 0.15) is 0 Å². The van der Waals surface area contributed by atoms with Gasteiger partial charge in [-0.1, -0.05) is 0 Å². The van der Waals surface area contributed by atoms with Crippen LogP contribution in [0.1, 0.15) is 34.9 Å². The van der Waals surface area contributed by atoms with Crippen molar-refractivity contribution in [3.63, 3.8) is 0 Å². The fourth-order valence-corrected chi connectivity index (χ4v) is 4.55. The maximum absolute atomic E-state index is 9.14. The molecule has 3 nitrogen and oxygen atoms in total. The van der Waals surface area contributed by atoms with Gasteiger partial charge in [0.05, 0.1) is 28.7 Å². The molecule has 0 saturated heterocycles. The largest absolute Gasteiger partial charge is 0.331 e. The number of aromatic nitrogens is 2. The highest BCUT2D eigenvalue weighted by molar-refractivity contribution is 7.71. The Labute approximate surface area is 131 Å². The zero-order chi connectivity index (χ0) is 14.4. The third kappa shape index (κ3) is 1.95. The molecule has 0 fully saturated rings. The number of rotatable bonds is 1. The van der Waals surface area contributed by atoms with Crippen molar-refractivity contribution in [2.75, 3.05) is 0 Å². The van der Waals surface area contributed by atoms with Crippen molar-refractivity contribution < 1.29 is 0 Å². The quantitative estimate of drug-likeness (QED) is 0.670. The van der Waals surface area contributed by atoms with Crippen LogP contribution in [0.15, 0.2) is 29.6 Å². The molecule has 0 bridgehead atoms. The lowest BCUT2D eigenvalue weighted by Gasteiger charge is -2.24. The van der Waals surface area contributed by atoms with Crippen LogP contribution in [0.3, 0.4) is 0 Å². The minimum absolute atomic E-state index is 0.287. The molecule has 1 aromatic carbocycles. The van der Waals surface area contributed by atoms with E-state index in [2.05, 4.69) is 27.1 Å². The number of aryl methyl sites for hydroxylation is 1.